The molecule has 8 heteroatoms. The molecule has 25 heavy (non-hydrogen) atoms. The second-order valence-electron chi connectivity index (χ2n) is 8.06. The molecule has 142 valence electrons. The summed E-state index contributed by atoms with van der Waals surface area (Å²) >= 11 is 0. The normalized spacial score (nSPS) is 31.9. The van der Waals surface area contributed by atoms with Crippen molar-refractivity contribution in [2.75, 3.05) is 19.6 Å². The monoisotopic (exact) mass is 463 g/mol. The van der Waals surface area contributed by atoms with Crippen molar-refractivity contribution in [3.8, 4) is 0 Å². The lowest BCUT2D eigenvalue weighted by atomic mass is 9.79. The van der Waals surface area contributed by atoms with E-state index in [1.165, 1.54) is 6.42 Å². The molecule has 0 aromatic carbocycles. The van der Waals surface area contributed by atoms with Gasteiger partial charge in [0.15, 0.2) is 5.96 Å². The zero-order chi connectivity index (χ0) is 17.5. The maximum Gasteiger partial charge on any atom is 0.322 e. The summed E-state index contributed by atoms with van der Waals surface area (Å²) in [5, 5.41) is 8.76. The molecule has 2 heterocycles. The van der Waals surface area contributed by atoms with Crippen LogP contribution in [0.2, 0.25) is 0 Å². The summed E-state index contributed by atoms with van der Waals surface area (Å²) in [6.07, 6.45) is 2.90. The summed E-state index contributed by atoms with van der Waals surface area (Å²) in [5.74, 6) is 0.934. The summed E-state index contributed by atoms with van der Waals surface area (Å²) < 4.78 is 0. The number of nitrogens with one attached hydrogen (secondary N) is 3. The highest BCUT2D eigenvalue weighted by Crippen LogP contribution is 2.44. The minimum absolute atomic E-state index is 0. The molecule has 0 aromatic heterocycles. The number of carbonyl (C=O) groups is 2. The summed E-state index contributed by atoms with van der Waals surface area (Å²) in [6.45, 7) is 10.9. The van der Waals surface area contributed by atoms with Crippen molar-refractivity contribution in [2.24, 2.45) is 16.3 Å². The first-order valence-electron chi connectivity index (χ1n) is 8.96. The maximum absolute atomic E-state index is 12.1. The van der Waals surface area contributed by atoms with Crippen LogP contribution in [0.15, 0.2) is 4.99 Å². The Morgan fingerprint density at radius 2 is 1.88 bits per heavy atom. The van der Waals surface area contributed by atoms with Gasteiger partial charge in [0, 0.05) is 25.7 Å². The van der Waals surface area contributed by atoms with Crippen LogP contribution >= 0.6 is 24.0 Å². The predicted octanol–water partition coefficient (Wildman–Crippen LogP) is 1.68. The number of amides is 3. The molecule has 3 aliphatic rings. The first kappa shape index (κ1) is 20.3. The molecule has 3 fully saturated rings. The molecule has 0 spiro atoms. The number of aliphatic imine (C=N–C) groups is 1. The lowest BCUT2D eigenvalue weighted by Crippen LogP contribution is -2.55. The molecule has 0 bridgehead atoms. The van der Waals surface area contributed by atoms with E-state index in [1.54, 1.807) is 0 Å². The maximum atomic E-state index is 12.1. The van der Waals surface area contributed by atoms with Crippen LogP contribution in [-0.4, -0.2) is 54.0 Å². The molecule has 3 rings (SSSR count). The Kier molecular flexibility index (Phi) is 5.90. The number of urea groups is 1. The smallest absolute Gasteiger partial charge is 0.322 e. The number of halogens is 1. The van der Waals surface area contributed by atoms with Gasteiger partial charge in [-0.3, -0.25) is 15.1 Å². The molecule has 2 unspecified atom stereocenters. The van der Waals surface area contributed by atoms with Crippen molar-refractivity contribution in [2.45, 2.75) is 58.5 Å². The van der Waals surface area contributed by atoms with Crippen LogP contribution in [0.1, 0.15) is 47.0 Å². The van der Waals surface area contributed by atoms with E-state index in [-0.39, 0.29) is 41.8 Å². The van der Waals surface area contributed by atoms with Crippen LogP contribution in [0.25, 0.3) is 0 Å². The van der Waals surface area contributed by atoms with Crippen LogP contribution in [0.5, 0.6) is 0 Å². The van der Waals surface area contributed by atoms with E-state index in [0.29, 0.717) is 11.5 Å². The number of hydrogen-bond acceptors (Lipinski definition) is 3. The third-order valence-electron chi connectivity index (χ3n) is 5.81. The Morgan fingerprint density at radius 1 is 1.28 bits per heavy atom. The van der Waals surface area contributed by atoms with Gasteiger partial charge >= 0.3 is 6.03 Å². The molecule has 3 amide bonds. The number of hydrogen-bond donors (Lipinski definition) is 3. The van der Waals surface area contributed by atoms with Crippen LogP contribution in [0.3, 0.4) is 0 Å². The van der Waals surface area contributed by atoms with E-state index in [4.69, 9.17) is 0 Å². The highest BCUT2D eigenvalue weighted by molar-refractivity contribution is 14.0. The van der Waals surface area contributed by atoms with Crippen molar-refractivity contribution in [1.82, 2.24) is 20.9 Å². The van der Waals surface area contributed by atoms with Gasteiger partial charge in [0.25, 0.3) is 5.91 Å². The average molecular weight is 463 g/mol. The Balaban J connectivity index is 0.00000225. The summed E-state index contributed by atoms with van der Waals surface area (Å²) in [7, 11) is 0. The van der Waals surface area contributed by atoms with E-state index in [2.05, 4.69) is 39.7 Å². The molecule has 3 N–H and O–H groups in total. The largest absolute Gasteiger partial charge is 0.353 e. The zero-order valence-corrected chi connectivity index (χ0v) is 17.8. The number of carbonyl (C=O) groups excluding carboxylic acids is 2. The highest BCUT2D eigenvalue weighted by Gasteiger charge is 2.49. The van der Waals surface area contributed by atoms with Crippen LogP contribution in [-0.2, 0) is 4.79 Å². The van der Waals surface area contributed by atoms with E-state index in [9.17, 15) is 9.59 Å². The quantitative estimate of drug-likeness (QED) is 0.257. The minimum Gasteiger partial charge on any atom is -0.353 e. The molecule has 0 aromatic rings. The lowest BCUT2D eigenvalue weighted by Gasteiger charge is -2.40. The fraction of sp³-hybridized carbons (Fsp3) is 0.824. The van der Waals surface area contributed by atoms with Crippen molar-refractivity contribution >= 4 is 41.9 Å². The summed E-state index contributed by atoms with van der Waals surface area (Å²) in [5.41, 5.74) is -0.427. The number of piperidine rings is 1. The minimum atomic E-state index is -0.781. The third kappa shape index (κ3) is 4.03. The second kappa shape index (κ2) is 7.28. The summed E-state index contributed by atoms with van der Waals surface area (Å²) in [6, 6.07) is 0.119. The molecule has 7 nitrogen and oxygen atoms in total. The fourth-order valence-corrected chi connectivity index (χ4v) is 3.77. The van der Waals surface area contributed by atoms with Gasteiger partial charge in [-0.1, -0.05) is 13.8 Å². The van der Waals surface area contributed by atoms with Crippen molar-refractivity contribution in [3.05, 3.63) is 0 Å². The first-order valence-corrected chi connectivity index (χ1v) is 8.96. The van der Waals surface area contributed by atoms with Crippen LogP contribution in [0, 0.1) is 11.3 Å². The van der Waals surface area contributed by atoms with Gasteiger partial charge < -0.3 is 15.5 Å². The van der Waals surface area contributed by atoms with Crippen LogP contribution in [0.4, 0.5) is 4.79 Å². The predicted molar refractivity (Wildman–Crippen MR) is 108 cm³/mol. The number of nitrogens with zero attached hydrogens (tertiary/aromatic N) is 2. The van der Waals surface area contributed by atoms with E-state index in [0.717, 1.165) is 38.4 Å². The molecule has 2 atom stereocenters. The van der Waals surface area contributed by atoms with Gasteiger partial charge in [-0.2, -0.15) is 0 Å². The first-order chi connectivity index (χ1) is 11.3. The van der Waals surface area contributed by atoms with Gasteiger partial charge in [0.2, 0.25) is 0 Å². The molecule has 0 radical (unpaired) electrons. The van der Waals surface area contributed by atoms with E-state index in [1.807, 2.05) is 13.8 Å². The molecular formula is C17H30IN5O2. The molecule has 2 aliphatic heterocycles. The zero-order valence-electron chi connectivity index (χ0n) is 15.5. The average Bonchev–Trinajstić information content (AvgIpc) is 3.02. The molecule has 1 saturated carbocycles. The number of guanidine groups is 1. The Labute approximate surface area is 166 Å². The number of likely N-dealkylation sites (tertiary alicyclic amines) is 1. The van der Waals surface area contributed by atoms with Gasteiger partial charge in [-0.25, -0.2) is 4.79 Å². The molecule has 2 saturated heterocycles. The SMILES string of the molecule is CCN=C(NC1CC1(C)C)N1CCC(C2(C)NC(=O)NC2=O)CC1.I. The van der Waals surface area contributed by atoms with Gasteiger partial charge in [-0.15, -0.1) is 24.0 Å². The topological polar surface area (TPSA) is 85.8 Å². The highest BCUT2D eigenvalue weighted by atomic mass is 127. The Bertz CT molecular complexity index is 571. The van der Waals surface area contributed by atoms with Crippen molar-refractivity contribution in [3.63, 3.8) is 0 Å². The molecular weight excluding hydrogens is 433 g/mol. The Hall–Kier alpha value is -1.06. The lowest BCUT2D eigenvalue weighted by molar-refractivity contribution is -0.125. The van der Waals surface area contributed by atoms with Crippen molar-refractivity contribution < 1.29 is 9.59 Å². The standard InChI is InChI=1S/C17H29N5O2.HI/c1-5-18-14(19-12-10-16(12,2)3)22-8-6-11(7-9-22)17(4)13(23)20-15(24)21-17;/h11-12H,5-10H2,1-4H3,(H,18,19)(H2,20,21,23,24);1H. The number of rotatable bonds is 3. The van der Waals surface area contributed by atoms with E-state index < -0.39 is 5.54 Å². The van der Waals surface area contributed by atoms with Gasteiger partial charge in [-0.05, 0) is 44.4 Å². The Morgan fingerprint density at radius 3 is 2.32 bits per heavy atom. The van der Waals surface area contributed by atoms with Crippen molar-refractivity contribution in [1.29, 1.82) is 0 Å². The second-order valence-corrected chi connectivity index (χ2v) is 8.06. The van der Waals surface area contributed by atoms with Crippen LogP contribution < -0.4 is 16.0 Å². The fourth-order valence-electron chi connectivity index (χ4n) is 3.77. The number of imide groups is 1. The van der Waals surface area contributed by atoms with E-state index >= 15 is 0 Å². The van der Waals surface area contributed by atoms with Gasteiger partial charge in [0.1, 0.15) is 5.54 Å². The molecule has 1 aliphatic carbocycles. The summed E-state index contributed by atoms with van der Waals surface area (Å²) in [4.78, 5) is 30.5. The van der Waals surface area contributed by atoms with Gasteiger partial charge in [0.05, 0.1) is 0 Å². The third-order valence-corrected chi connectivity index (χ3v) is 5.81.